The van der Waals surface area contributed by atoms with E-state index in [1.54, 1.807) is 11.5 Å². The Labute approximate surface area is 195 Å². The molecule has 1 saturated heterocycles. The SMILES string of the molecule is CC1=NC(C)c2ncnc3c2[n+]1cn3C1OC(COP(=O)(O)OP(=O)(O)OP(=O)(O)O)C(O)C1O. The minimum atomic E-state index is -5.71. The first-order valence-corrected chi connectivity index (χ1v) is 14.2. The van der Waals surface area contributed by atoms with E-state index in [0.29, 0.717) is 22.7 Å². The number of aliphatic hydroxyl groups is 2. The van der Waals surface area contributed by atoms with Crippen LogP contribution in [-0.4, -0.2) is 75.1 Å². The van der Waals surface area contributed by atoms with Gasteiger partial charge in [-0.2, -0.15) is 13.2 Å². The van der Waals surface area contributed by atoms with E-state index in [2.05, 4.69) is 28.1 Å². The van der Waals surface area contributed by atoms with Crippen LogP contribution in [0.4, 0.5) is 0 Å². The Hall–Kier alpha value is -1.49. The number of aliphatic imine (C=N–C) groups is 1. The van der Waals surface area contributed by atoms with E-state index in [9.17, 15) is 33.7 Å². The van der Waals surface area contributed by atoms with Crippen molar-refractivity contribution in [2.75, 3.05) is 6.61 Å². The lowest BCUT2D eigenvalue weighted by molar-refractivity contribution is -0.531. The number of ether oxygens (including phenoxy) is 1. The highest BCUT2D eigenvalue weighted by molar-refractivity contribution is 7.66. The Morgan fingerprint density at radius 2 is 1.77 bits per heavy atom. The normalized spacial score (nSPS) is 30.2. The standard InChI is InChI=1S/C14H20N5O13P3/c1-6-9-10-13(16-4-15-9)19(5-18(10)7(2)17-6)14-12(21)11(20)8(30-14)3-29-34(25,26)32-35(27,28)31-33(22,23)24/h4-6,8,11-12,14,20-21H,3H2,1-2H3,(H3-,22,23,24,25,26,27,28)/p+1. The fraction of sp³-hybridized carbons (Fsp3) is 0.571. The van der Waals surface area contributed by atoms with Gasteiger partial charge in [0.15, 0.2) is 17.9 Å². The largest absolute Gasteiger partial charge is 0.490 e. The van der Waals surface area contributed by atoms with Gasteiger partial charge >= 0.3 is 23.5 Å². The van der Waals surface area contributed by atoms with Crippen LogP contribution >= 0.6 is 23.5 Å². The summed E-state index contributed by atoms with van der Waals surface area (Å²) in [5.74, 6) is 0.612. The highest BCUT2D eigenvalue weighted by Crippen LogP contribution is 2.66. The summed E-state index contributed by atoms with van der Waals surface area (Å²) < 4.78 is 54.6. The Bertz CT molecular complexity index is 1330. The maximum absolute atomic E-state index is 11.9. The van der Waals surface area contributed by atoms with Crippen molar-refractivity contribution in [2.24, 2.45) is 4.99 Å². The van der Waals surface area contributed by atoms with Crippen LogP contribution in [0, 0.1) is 0 Å². The molecule has 6 N–H and O–H groups in total. The van der Waals surface area contributed by atoms with Crippen molar-refractivity contribution in [1.29, 1.82) is 0 Å². The predicted octanol–water partition coefficient (Wildman–Crippen LogP) is -0.978. The van der Waals surface area contributed by atoms with Crippen LogP contribution in [0.25, 0.3) is 11.2 Å². The molecule has 0 saturated carbocycles. The summed E-state index contributed by atoms with van der Waals surface area (Å²) in [6, 6.07) is -0.256. The van der Waals surface area contributed by atoms with E-state index < -0.39 is 54.6 Å². The van der Waals surface area contributed by atoms with Gasteiger partial charge in [0.05, 0.1) is 6.61 Å². The molecule has 2 aliphatic heterocycles. The molecule has 7 atom stereocenters. The molecule has 0 amide bonds. The van der Waals surface area contributed by atoms with Gasteiger partial charge in [0, 0.05) is 6.92 Å². The summed E-state index contributed by atoms with van der Waals surface area (Å²) in [6.07, 6.45) is -3.08. The molecular weight excluding hydrogens is 539 g/mol. The fourth-order valence-electron chi connectivity index (χ4n) is 3.75. The van der Waals surface area contributed by atoms with Crippen molar-refractivity contribution < 1.29 is 65.9 Å². The Kier molecular flexibility index (Phi) is 6.92. The number of rotatable bonds is 8. The molecule has 18 nitrogen and oxygen atoms in total. The molecule has 0 aromatic carbocycles. The number of aliphatic hydroxyl groups excluding tert-OH is 2. The lowest BCUT2D eigenvalue weighted by Crippen LogP contribution is -2.43. The molecule has 0 radical (unpaired) electrons. The molecule has 2 aromatic rings. The van der Waals surface area contributed by atoms with E-state index in [0.717, 1.165) is 0 Å². The van der Waals surface area contributed by atoms with E-state index >= 15 is 0 Å². The van der Waals surface area contributed by atoms with Crippen LogP contribution in [0.3, 0.4) is 0 Å². The Morgan fingerprint density at radius 3 is 2.43 bits per heavy atom. The summed E-state index contributed by atoms with van der Waals surface area (Å²) in [7, 11) is -16.7. The monoisotopic (exact) mass is 560 g/mol. The second kappa shape index (κ2) is 9.11. The first-order valence-electron chi connectivity index (χ1n) is 9.70. The molecule has 194 valence electrons. The van der Waals surface area contributed by atoms with Crippen molar-refractivity contribution in [1.82, 2.24) is 14.5 Å². The molecule has 0 bridgehead atoms. The first-order chi connectivity index (χ1) is 16.1. The molecule has 4 rings (SSSR count). The second-order valence-corrected chi connectivity index (χ2v) is 12.0. The third kappa shape index (κ3) is 5.45. The first kappa shape index (κ1) is 26.6. The zero-order valence-corrected chi connectivity index (χ0v) is 20.6. The van der Waals surface area contributed by atoms with Crippen molar-refractivity contribution in [2.45, 2.75) is 44.4 Å². The molecule has 2 aliphatic rings. The number of aromatic nitrogens is 4. The number of phosphoric ester groups is 1. The average molecular weight is 560 g/mol. The minimum Gasteiger partial charge on any atom is -0.387 e. The molecular formula is C14H21N5O13P3+. The second-order valence-electron chi connectivity index (χ2n) is 7.61. The quantitative estimate of drug-likeness (QED) is 0.168. The van der Waals surface area contributed by atoms with Gasteiger partial charge in [0.2, 0.25) is 17.7 Å². The van der Waals surface area contributed by atoms with E-state index in [-0.39, 0.29) is 6.04 Å². The third-order valence-electron chi connectivity index (χ3n) is 5.11. The zero-order chi connectivity index (χ0) is 25.9. The van der Waals surface area contributed by atoms with Crippen LogP contribution in [0.5, 0.6) is 0 Å². The van der Waals surface area contributed by atoms with Gasteiger partial charge in [-0.15, -0.1) is 4.99 Å². The topological polar surface area (TPSA) is 256 Å². The lowest BCUT2D eigenvalue weighted by atomic mass is 10.1. The summed E-state index contributed by atoms with van der Waals surface area (Å²) in [5, 5.41) is 21.0. The smallest absolute Gasteiger partial charge is 0.387 e. The summed E-state index contributed by atoms with van der Waals surface area (Å²) >= 11 is 0. The van der Waals surface area contributed by atoms with Crippen LogP contribution in [0.1, 0.15) is 31.8 Å². The lowest BCUT2D eigenvalue weighted by Gasteiger charge is -2.18. The van der Waals surface area contributed by atoms with Gasteiger partial charge in [-0.25, -0.2) is 28.2 Å². The third-order valence-corrected chi connectivity index (χ3v) is 8.91. The summed E-state index contributed by atoms with van der Waals surface area (Å²) in [5.41, 5.74) is 1.58. The molecule has 7 unspecified atom stereocenters. The van der Waals surface area contributed by atoms with Crippen molar-refractivity contribution in [3.63, 3.8) is 0 Å². The van der Waals surface area contributed by atoms with Gasteiger partial charge < -0.3 is 34.5 Å². The highest BCUT2D eigenvalue weighted by atomic mass is 31.3. The van der Waals surface area contributed by atoms with Crippen LogP contribution in [0.2, 0.25) is 0 Å². The molecule has 2 aromatic heterocycles. The maximum atomic E-state index is 11.9. The molecule has 0 aliphatic carbocycles. The minimum absolute atomic E-state index is 0.256. The Morgan fingerprint density at radius 1 is 1.09 bits per heavy atom. The van der Waals surface area contributed by atoms with Gasteiger partial charge in [0.25, 0.3) is 0 Å². The van der Waals surface area contributed by atoms with Gasteiger partial charge in [0.1, 0.15) is 30.3 Å². The fourth-order valence-corrected chi connectivity index (χ4v) is 6.78. The van der Waals surface area contributed by atoms with Gasteiger partial charge in [-0.3, -0.25) is 4.52 Å². The Balaban J connectivity index is 1.52. The van der Waals surface area contributed by atoms with Crippen molar-refractivity contribution in [3.8, 4) is 0 Å². The van der Waals surface area contributed by atoms with E-state index in [1.807, 2.05) is 6.92 Å². The van der Waals surface area contributed by atoms with Crippen LogP contribution < -0.4 is 4.57 Å². The van der Waals surface area contributed by atoms with Crippen molar-refractivity contribution >= 4 is 40.5 Å². The number of nitrogens with zero attached hydrogens (tertiary/aromatic N) is 5. The summed E-state index contributed by atoms with van der Waals surface area (Å²) in [4.78, 5) is 48.9. The molecule has 0 spiro atoms. The van der Waals surface area contributed by atoms with Gasteiger partial charge in [-0.1, -0.05) is 0 Å². The molecule has 4 heterocycles. The van der Waals surface area contributed by atoms with Crippen LogP contribution in [-0.2, 0) is 31.6 Å². The summed E-state index contributed by atoms with van der Waals surface area (Å²) in [6.45, 7) is 2.66. The highest BCUT2D eigenvalue weighted by Gasteiger charge is 2.49. The predicted molar refractivity (Wildman–Crippen MR) is 110 cm³/mol. The van der Waals surface area contributed by atoms with E-state index in [1.165, 1.54) is 17.2 Å². The number of hydrogen-bond acceptors (Lipinski definition) is 12. The van der Waals surface area contributed by atoms with Crippen LogP contribution in [0.15, 0.2) is 17.6 Å². The average Bonchev–Trinajstić information content (AvgIpc) is 3.21. The maximum Gasteiger partial charge on any atom is 0.490 e. The van der Waals surface area contributed by atoms with Gasteiger partial charge in [-0.05, 0) is 6.92 Å². The number of phosphoric acid groups is 3. The van der Waals surface area contributed by atoms with E-state index in [4.69, 9.17) is 14.5 Å². The zero-order valence-electron chi connectivity index (χ0n) is 17.9. The molecule has 1 fully saturated rings. The number of imidazole rings is 1. The molecule has 35 heavy (non-hydrogen) atoms. The van der Waals surface area contributed by atoms with Crippen molar-refractivity contribution in [3.05, 3.63) is 18.3 Å². The molecule has 21 heteroatoms. The number of hydrogen-bond donors (Lipinski definition) is 6.